The summed E-state index contributed by atoms with van der Waals surface area (Å²) in [6.07, 6.45) is 0. The maximum absolute atomic E-state index is 10.8. The molecule has 2 rings (SSSR count). The van der Waals surface area contributed by atoms with Crippen molar-refractivity contribution in [1.82, 2.24) is 0 Å². The number of rotatable bonds is 2. The minimum atomic E-state index is -0.986. The highest BCUT2D eigenvalue weighted by Gasteiger charge is 2.02. The number of methoxy groups -OCH3 is 1. The summed E-state index contributed by atoms with van der Waals surface area (Å²) in [7, 11) is 1.31. The first-order valence-electron chi connectivity index (χ1n) is 5.83. The highest BCUT2D eigenvalue weighted by Crippen LogP contribution is 2.10. The van der Waals surface area contributed by atoms with Crippen molar-refractivity contribution in [2.24, 2.45) is 0 Å². The highest BCUT2D eigenvalue weighted by atomic mass is 16.5. The van der Waals surface area contributed by atoms with Crippen LogP contribution in [0.5, 0.6) is 11.5 Å². The number of hydrogen-bond acceptors (Lipinski definition) is 5. The van der Waals surface area contributed by atoms with Crippen LogP contribution in [0, 0.1) is 0 Å². The van der Waals surface area contributed by atoms with E-state index in [9.17, 15) is 9.59 Å². The fraction of sp³-hybridized carbons (Fsp3) is 0.0667. The molecule has 0 radical (unpaired) electrons. The number of carboxylic acid groups (broad SMARTS) is 1. The summed E-state index contributed by atoms with van der Waals surface area (Å²) in [5, 5.41) is 26.0. The van der Waals surface area contributed by atoms with E-state index in [-0.39, 0.29) is 17.1 Å². The number of benzene rings is 2. The lowest BCUT2D eigenvalue weighted by molar-refractivity contribution is 0.0599. The molecule has 0 amide bonds. The average molecular weight is 290 g/mol. The molecule has 0 aliphatic heterocycles. The van der Waals surface area contributed by atoms with Crippen molar-refractivity contribution < 1.29 is 29.6 Å². The van der Waals surface area contributed by atoms with E-state index in [2.05, 4.69) is 4.74 Å². The molecule has 6 nitrogen and oxygen atoms in total. The normalized spacial score (nSPS) is 9.19. The van der Waals surface area contributed by atoms with Crippen molar-refractivity contribution in [3.8, 4) is 11.5 Å². The first kappa shape index (κ1) is 16.0. The number of carbonyl (C=O) groups is 2. The molecule has 0 heterocycles. The molecule has 0 saturated carbocycles. The van der Waals surface area contributed by atoms with Crippen LogP contribution in [0.4, 0.5) is 0 Å². The van der Waals surface area contributed by atoms with Gasteiger partial charge in [0.15, 0.2) is 0 Å². The number of hydrogen-bond donors (Lipinski definition) is 3. The van der Waals surface area contributed by atoms with Gasteiger partial charge in [0.1, 0.15) is 11.5 Å². The fourth-order valence-corrected chi connectivity index (χ4v) is 1.32. The molecule has 0 aliphatic rings. The highest BCUT2D eigenvalue weighted by molar-refractivity contribution is 5.89. The van der Waals surface area contributed by atoms with Gasteiger partial charge in [0.25, 0.3) is 0 Å². The molecule has 3 N–H and O–H groups in total. The second-order valence-electron chi connectivity index (χ2n) is 3.89. The predicted octanol–water partition coefficient (Wildman–Crippen LogP) is 2.27. The smallest absolute Gasteiger partial charge is 0.337 e. The zero-order valence-corrected chi connectivity index (χ0v) is 11.2. The maximum Gasteiger partial charge on any atom is 0.337 e. The Morgan fingerprint density at radius 2 is 1.19 bits per heavy atom. The quantitative estimate of drug-likeness (QED) is 0.733. The van der Waals surface area contributed by atoms with Crippen LogP contribution in [-0.2, 0) is 4.74 Å². The number of phenols is 2. The van der Waals surface area contributed by atoms with Crippen LogP contribution in [0.15, 0.2) is 48.5 Å². The van der Waals surface area contributed by atoms with Gasteiger partial charge in [0.05, 0.1) is 18.2 Å². The number of ether oxygens (including phenoxy) is 1. The number of aromatic carboxylic acids is 1. The molecule has 0 spiro atoms. The summed E-state index contributed by atoms with van der Waals surface area (Å²) >= 11 is 0. The van der Waals surface area contributed by atoms with Gasteiger partial charge in [-0.2, -0.15) is 0 Å². The lowest BCUT2D eigenvalue weighted by atomic mass is 10.2. The second-order valence-corrected chi connectivity index (χ2v) is 3.89. The molecule has 2 aromatic carbocycles. The number of carbonyl (C=O) groups excluding carboxylic acids is 1. The van der Waals surface area contributed by atoms with Crippen LogP contribution in [0.25, 0.3) is 0 Å². The van der Waals surface area contributed by atoms with E-state index < -0.39 is 11.9 Å². The minimum absolute atomic E-state index is 0.0741. The van der Waals surface area contributed by atoms with E-state index in [0.717, 1.165) is 0 Å². The van der Waals surface area contributed by atoms with Crippen molar-refractivity contribution in [2.75, 3.05) is 7.11 Å². The Morgan fingerprint density at radius 1 is 0.810 bits per heavy atom. The van der Waals surface area contributed by atoms with Crippen LogP contribution in [0.3, 0.4) is 0 Å². The van der Waals surface area contributed by atoms with Gasteiger partial charge < -0.3 is 20.1 Å². The predicted molar refractivity (Wildman–Crippen MR) is 74.5 cm³/mol. The fourth-order valence-electron chi connectivity index (χ4n) is 1.32. The molecular formula is C15H14O6. The Hall–Kier alpha value is -3.02. The molecule has 0 saturated heterocycles. The van der Waals surface area contributed by atoms with E-state index in [1.165, 1.54) is 55.6 Å². The minimum Gasteiger partial charge on any atom is -0.508 e. The molecular weight excluding hydrogens is 276 g/mol. The molecule has 0 unspecified atom stereocenters. The summed E-state index contributed by atoms with van der Waals surface area (Å²) in [4.78, 5) is 21.1. The zero-order valence-electron chi connectivity index (χ0n) is 11.2. The number of esters is 1. The van der Waals surface area contributed by atoms with Crippen LogP contribution in [0.1, 0.15) is 20.7 Å². The van der Waals surface area contributed by atoms with Crippen molar-refractivity contribution in [3.05, 3.63) is 59.7 Å². The maximum atomic E-state index is 10.8. The van der Waals surface area contributed by atoms with Gasteiger partial charge >= 0.3 is 11.9 Å². The van der Waals surface area contributed by atoms with Crippen LogP contribution in [-0.4, -0.2) is 34.4 Å². The Labute approximate surface area is 120 Å². The van der Waals surface area contributed by atoms with Gasteiger partial charge in [-0.1, -0.05) is 0 Å². The molecule has 0 fully saturated rings. The Morgan fingerprint density at radius 3 is 1.52 bits per heavy atom. The van der Waals surface area contributed by atoms with E-state index in [4.69, 9.17) is 15.3 Å². The van der Waals surface area contributed by atoms with Crippen LogP contribution < -0.4 is 0 Å². The van der Waals surface area contributed by atoms with E-state index >= 15 is 0 Å². The van der Waals surface area contributed by atoms with E-state index in [1.807, 2.05) is 0 Å². The number of carboxylic acids is 1. The molecule has 0 bridgehead atoms. The van der Waals surface area contributed by atoms with E-state index in [1.54, 1.807) is 0 Å². The lowest BCUT2D eigenvalue weighted by Crippen LogP contribution is -1.99. The summed E-state index contributed by atoms with van der Waals surface area (Å²) < 4.78 is 4.46. The Balaban J connectivity index is 0.000000211. The molecule has 0 aromatic heterocycles. The molecule has 6 heteroatoms. The SMILES string of the molecule is COC(=O)c1ccc(O)cc1.O=C(O)c1ccc(O)cc1. The number of phenolic OH excluding ortho intramolecular Hbond substituents is 2. The molecule has 0 aliphatic carbocycles. The average Bonchev–Trinajstić information content (AvgIpc) is 2.48. The molecule has 21 heavy (non-hydrogen) atoms. The molecule has 2 aromatic rings. The van der Waals surface area contributed by atoms with Crippen molar-refractivity contribution in [2.45, 2.75) is 0 Å². The largest absolute Gasteiger partial charge is 0.508 e. The number of aromatic hydroxyl groups is 2. The summed E-state index contributed by atoms with van der Waals surface area (Å²) in [5.74, 6) is -1.17. The first-order chi connectivity index (χ1) is 9.93. The van der Waals surface area contributed by atoms with Crippen molar-refractivity contribution >= 4 is 11.9 Å². The Kier molecular flexibility index (Phi) is 5.76. The standard InChI is InChI=1S/C8H8O3.C7H6O3/c1-11-8(10)6-2-4-7(9)5-3-6;8-6-3-1-5(2-4-6)7(9)10/h2-5,9H,1H3;1-4,8H,(H,9,10). The van der Waals surface area contributed by atoms with Gasteiger partial charge in [-0.05, 0) is 48.5 Å². The summed E-state index contributed by atoms with van der Waals surface area (Å²) in [5.41, 5.74) is 0.614. The summed E-state index contributed by atoms with van der Waals surface area (Å²) in [6, 6.07) is 11.2. The third-order valence-electron chi connectivity index (χ3n) is 2.40. The van der Waals surface area contributed by atoms with Crippen LogP contribution in [0.2, 0.25) is 0 Å². The lowest BCUT2D eigenvalue weighted by Gasteiger charge is -1.97. The van der Waals surface area contributed by atoms with E-state index in [0.29, 0.717) is 5.56 Å². The first-order valence-corrected chi connectivity index (χ1v) is 5.83. The molecule has 0 atom stereocenters. The Bertz CT molecular complexity index is 601. The van der Waals surface area contributed by atoms with Gasteiger partial charge in [0, 0.05) is 0 Å². The molecule has 110 valence electrons. The third-order valence-corrected chi connectivity index (χ3v) is 2.40. The summed E-state index contributed by atoms with van der Waals surface area (Å²) in [6.45, 7) is 0. The zero-order chi connectivity index (χ0) is 15.8. The third kappa shape index (κ3) is 5.23. The van der Waals surface area contributed by atoms with Gasteiger partial charge in [-0.25, -0.2) is 9.59 Å². The monoisotopic (exact) mass is 290 g/mol. The van der Waals surface area contributed by atoms with Crippen molar-refractivity contribution in [3.63, 3.8) is 0 Å². The van der Waals surface area contributed by atoms with Gasteiger partial charge in [0.2, 0.25) is 0 Å². The van der Waals surface area contributed by atoms with Crippen LogP contribution >= 0.6 is 0 Å². The second kappa shape index (κ2) is 7.54. The topological polar surface area (TPSA) is 104 Å². The van der Waals surface area contributed by atoms with Gasteiger partial charge in [-0.15, -0.1) is 0 Å². The van der Waals surface area contributed by atoms with Crippen molar-refractivity contribution in [1.29, 1.82) is 0 Å². The van der Waals surface area contributed by atoms with Gasteiger partial charge in [-0.3, -0.25) is 0 Å².